The van der Waals surface area contributed by atoms with Crippen molar-refractivity contribution in [1.29, 1.82) is 0 Å². The molecular formula is C19H29N3O4. The quantitative estimate of drug-likeness (QED) is 0.357. The van der Waals surface area contributed by atoms with Gasteiger partial charge in [0.25, 0.3) is 5.91 Å². The number of pyridine rings is 1. The van der Waals surface area contributed by atoms with E-state index in [1.54, 1.807) is 25.1 Å². The van der Waals surface area contributed by atoms with Gasteiger partial charge in [0.15, 0.2) is 5.78 Å². The fourth-order valence-electron chi connectivity index (χ4n) is 2.75. The van der Waals surface area contributed by atoms with E-state index in [0.717, 1.165) is 12.8 Å². The van der Waals surface area contributed by atoms with Crippen LogP contribution in [0.25, 0.3) is 0 Å². The van der Waals surface area contributed by atoms with Gasteiger partial charge in [-0.25, -0.2) is 10.0 Å². The number of hydroxylamine groups is 2. The highest BCUT2D eigenvalue weighted by Gasteiger charge is 2.31. The number of hydrogen-bond donors (Lipinski definition) is 2. The first-order valence-electron chi connectivity index (χ1n) is 8.99. The number of carbonyl (C=O) groups excluding carboxylic acids is 3. The maximum absolute atomic E-state index is 13.0. The van der Waals surface area contributed by atoms with E-state index in [-0.39, 0.29) is 30.3 Å². The number of ketones is 1. The molecule has 1 rings (SSSR count). The SMILES string of the molecule is CCCC[C@H](CN(O)C=O)C(=O)[C@@H](NC(=O)c1cccc(C)n1)C(C)C. The van der Waals surface area contributed by atoms with E-state index in [4.69, 9.17) is 0 Å². The first-order valence-corrected chi connectivity index (χ1v) is 8.99. The molecule has 7 nitrogen and oxygen atoms in total. The van der Waals surface area contributed by atoms with Crippen molar-refractivity contribution in [2.24, 2.45) is 11.8 Å². The van der Waals surface area contributed by atoms with Crippen molar-refractivity contribution >= 4 is 18.1 Å². The highest BCUT2D eigenvalue weighted by Crippen LogP contribution is 2.17. The van der Waals surface area contributed by atoms with Crippen LogP contribution in [0.15, 0.2) is 18.2 Å². The van der Waals surface area contributed by atoms with Crippen LogP contribution in [-0.2, 0) is 9.59 Å². The molecule has 144 valence electrons. The van der Waals surface area contributed by atoms with Crippen LogP contribution >= 0.6 is 0 Å². The average Bonchev–Trinajstić information content (AvgIpc) is 2.61. The smallest absolute Gasteiger partial charge is 0.270 e. The largest absolute Gasteiger partial charge is 0.341 e. The Kier molecular flexibility index (Phi) is 8.92. The minimum Gasteiger partial charge on any atom is -0.341 e. The van der Waals surface area contributed by atoms with Crippen molar-refractivity contribution in [1.82, 2.24) is 15.4 Å². The molecule has 0 aromatic carbocycles. The van der Waals surface area contributed by atoms with E-state index in [0.29, 0.717) is 17.2 Å². The molecule has 0 radical (unpaired) electrons. The zero-order valence-corrected chi connectivity index (χ0v) is 15.9. The summed E-state index contributed by atoms with van der Waals surface area (Å²) in [7, 11) is 0. The van der Waals surface area contributed by atoms with E-state index >= 15 is 0 Å². The Balaban J connectivity index is 2.95. The molecule has 0 unspecified atom stereocenters. The summed E-state index contributed by atoms with van der Waals surface area (Å²) in [5, 5.41) is 12.8. The maximum Gasteiger partial charge on any atom is 0.270 e. The van der Waals surface area contributed by atoms with Gasteiger partial charge in [-0.2, -0.15) is 0 Å². The lowest BCUT2D eigenvalue weighted by molar-refractivity contribution is -0.154. The second-order valence-electron chi connectivity index (χ2n) is 6.83. The molecule has 1 aromatic heterocycles. The Morgan fingerprint density at radius 3 is 2.58 bits per heavy atom. The Morgan fingerprint density at radius 1 is 1.35 bits per heavy atom. The molecule has 7 heteroatoms. The highest BCUT2D eigenvalue weighted by molar-refractivity contribution is 5.97. The Bertz CT molecular complexity index is 619. The van der Waals surface area contributed by atoms with Crippen molar-refractivity contribution in [3.05, 3.63) is 29.6 Å². The van der Waals surface area contributed by atoms with E-state index in [2.05, 4.69) is 10.3 Å². The van der Waals surface area contributed by atoms with Gasteiger partial charge < -0.3 is 5.32 Å². The maximum atomic E-state index is 13.0. The molecule has 0 saturated carbocycles. The van der Waals surface area contributed by atoms with Gasteiger partial charge >= 0.3 is 0 Å². The van der Waals surface area contributed by atoms with Crippen molar-refractivity contribution in [3.8, 4) is 0 Å². The fraction of sp³-hybridized carbons (Fsp3) is 0.579. The molecule has 0 aliphatic rings. The molecule has 0 fully saturated rings. The van der Waals surface area contributed by atoms with Gasteiger partial charge in [0.1, 0.15) is 5.69 Å². The molecule has 2 amide bonds. The highest BCUT2D eigenvalue weighted by atomic mass is 16.5. The summed E-state index contributed by atoms with van der Waals surface area (Å²) in [5.41, 5.74) is 0.970. The zero-order valence-electron chi connectivity index (χ0n) is 15.9. The monoisotopic (exact) mass is 363 g/mol. The summed E-state index contributed by atoms with van der Waals surface area (Å²) >= 11 is 0. The molecule has 0 bridgehead atoms. The third-order valence-electron chi connectivity index (χ3n) is 4.22. The normalized spacial score (nSPS) is 13.2. The second-order valence-corrected chi connectivity index (χ2v) is 6.83. The van der Waals surface area contributed by atoms with E-state index in [1.165, 1.54) is 0 Å². The summed E-state index contributed by atoms with van der Waals surface area (Å²) in [6.07, 6.45) is 2.51. The molecule has 2 atom stereocenters. The Hall–Kier alpha value is -2.28. The molecule has 2 N–H and O–H groups in total. The molecule has 26 heavy (non-hydrogen) atoms. The van der Waals surface area contributed by atoms with Crippen LogP contribution in [0.5, 0.6) is 0 Å². The fourth-order valence-corrected chi connectivity index (χ4v) is 2.75. The van der Waals surface area contributed by atoms with Crippen LogP contribution < -0.4 is 5.32 Å². The van der Waals surface area contributed by atoms with Gasteiger partial charge in [0, 0.05) is 11.6 Å². The van der Waals surface area contributed by atoms with E-state index in [1.807, 2.05) is 20.8 Å². The van der Waals surface area contributed by atoms with Crippen LogP contribution in [0.3, 0.4) is 0 Å². The van der Waals surface area contributed by atoms with Gasteiger partial charge in [-0.05, 0) is 31.4 Å². The minimum atomic E-state index is -0.716. The van der Waals surface area contributed by atoms with E-state index in [9.17, 15) is 19.6 Å². The van der Waals surface area contributed by atoms with Crippen LogP contribution in [0, 0.1) is 18.8 Å². The van der Waals surface area contributed by atoms with Crippen LogP contribution in [0.4, 0.5) is 0 Å². The zero-order chi connectivity index (χ0) is 19.7. The molecule has 0 spiro atoms. The van der Waals surface area contributed by atoms with Crippen molar-refractivity contribution in [2.75, 3.05) is 6.54 Å². The van der Waals surface area contributed by atoms with Crippen molar-refractivity contribution < 1.29 is 19.6 Å². The summed E-state index contributed by atoms with van der Waals surface area (Å²) in [4.78, 5) is 40.4. The molecular weight excluding hydrogens is 334 g/mol. The van der Waals surface area contributed by atoms with Gasteiger partial charge in [0.2, 0.25) is 6.41 Å². The number of amides is 2. The van der Waals surface area contributed by atoms with Crippen LogP contribution in [0.2, 0.25) is 0 Å². The topological polar surface area (TPSA) is 99.6 Å². The predicted molar refractivity (Wildman–Crippen MR) is 97.6 cm³/mol. The lowest BCUT2D eigenvalue weighted by Gasteiger charge is -2.27. The van der Waals surface area contributed by atoms with Crippen molar-refractivity contribution in [2.45, 2.75) is 53.0 Å². The van der Waals surface area contributed by atoms with Gasteiger partial charge in [0.05, 0.1) is 12.6 Å². The molecule has 1 heterocycles. The van der Waals surface area contributed by atoms with Gasteiger partial charge in [-0.3, -0.25) is 19.6 Å². The lowest BCUT2D eigenvalue weighted by atomic mass is 9.87. The number of aromatic nitrogens is 1. The summed E-state index contributed by atoms with van der Waals surface area (Å²) in [6, 6.07) is 4.41. The molecule has 1 aromatic rings. The average molecular weight is 363 g/mol. The first-order chi connectivity index (χ1) is 12.3. The number of unbranched alkanes of at least 4 members (excludes halogenated alkanes) is 1. The lowest BCUT2D eigenvalue weighted by Crippen LogP contribution is -2.48. The van der Waals surface area contributed by atoms with Gasteiger partial charge in [-0.15, -0.1) is 0 Å². The summed E-state index contributed by atoms with van der Waals surface area (Å²) < 4.78 is 0. The number of hydrogen-bond acceptors (Lipinski definition) is 5. The molecule has 0 aliphatic heterocycles. The Morgan fingerprint density at radius 2 is 2.04 bits per heavy atom. The second kappa shape index (κ2) is 10.7. The molecule has 0 aliphatic carbocycles. The summed E-state index contributed by atoms with van der Waals surface area (Å²) in [6.45, 7) is 7.41. The number of rotatable bonds is 11. The van der Waals surface area contributed by atoms with Crippen LogP contribution in [0.1, 0.15) is 56.2 Å². The van der Waals surface area contributed by atoms with Crippen molar-refractivity contribution in [3.63, 3.8) is 0 Å². The number of carbonyl (C=O) groups is 3. The van der Waals surface area contributed by atoms with E-state index < -0.39 is 17.9 Å². The van der Waals surface area contributed by atoms with Crippen LogP contribution in [-0.4, -0.2) is 45.9 Å². The predicted octanol–water partition coefficient (Wildman–Crippen LogP) is 2.37. The third kappa shape index (κ3) is 6.55. The summed E-state index contributed by atoms with van der Waals surface area (Å²) in [5.74, 6) is -1.27. The molecule has 0 saturated heterocycles. The number of nitrogens with zero attached hydrogens (tertiary/aromatic N) is 2. The standard InChI is InChI=1S/C19H29N3O4/c1-5-6-9-15(11-22(26)12-23)18(24)17(13(2)3)21-19(25)16-10-7-8-14(4)20-16/h7-8,10,12-13,15,17,26H,5-6,9,11H2,1-4H3,(H,21,25)/t15-,17+/m1/s1. The number of Topliss-reactive ketones (excluding diaryl/α,β-unsaturated/α-hetero) is 1. The Labute approximate surface area is 154 Å². The third-order valence-corrected chi connectivity index (χ3v) is 4.22. The minimum absolute atomic E-state index is 0.0792. The number of aryl methyl sites for hydroxylation is 1. The first kappa shape index (κ1) is 21.8. The van der Waals surface area contributed by atoms with Gasteiger partial charge in [-0.1, -0.05) is 39.7 Å². The number of nitrogens with one attached hydrogen (secondary N) is 1.